The number of halogens is 2. The molecule has 0 amide bonds. The van der Waals surface area contributed by atoms with Crippen LogP contribution in [-0.4, -0.2) is 38.9 Å². The van der Waals surface area contributed by atoms with E-state index in [-0.39, 0.29) is 13.0 Å². The van der Waals surface area contributed by atoms with Crippen LogP contribution in [0.2, 0.25) is 0 Å². The number of imidazole rings is 1. The van der Waals surface area contributed by atoms with Crippen molar-refractivity contribution in [1.29, 1.82) is 0 Å². The maximum Gasteiger partial charge on any atom is 0.261 e. The number of aromatic amines is 1. The fraction of sp³-hybridized carbons (Fsp3) is 0.250. The van der Waals surface area contributed by atoms with Crippen molar-refractivity contribution < 1.29 is 8.78 Å². The van der Waals surface area contributed by atoms with Crippen molar-refractivity contribution in [1.82, 2.24) is 19.9 Å². The fourth-order valence-electron chi connectivity index (χ4n) is 5.89. The van der Waals surface area contributed by atoms with Crippen LogP contribution in [0.5, 0.6) is 0 Å². The topological polar surface area (TPSA) is 44.8 Å². The third-order valence-electron chi connectivity index (χ3n) is 7.95. The molecule has 196 valence electrons. The molecule has 2 aliphatic rings. The van der Waals surface area contributed by atoms with Crippen molar-refractivity contribution in [3.63, 3.8) is 0 Å². The number of hydrogen-bond donors (Lipinski definition) is 1. The van der Waals surface area contributed by atoms with Gasteiger partial charge in [0.1, 0.15) is 5.82 Å². The zero-order valence-corrected chi connectivity index (χ0v) is 22.4. The van der Waals surface area contributed by atoms with Crippen LogP contribution < -0.4 is 0 Å². The number of hydrogen-bond acceptors (Lipinski definition) is 4. The fourth-order valence-corrected chi connectivity index (χ4v) is 6.55. The number of nitrogens with one attached hydrogen (secondary N) is 1. The summed E-state index contributed by atoms with van der Waals surface area (Å²) in [6, 6.07) is 17.0. The number of benzene rings is 2. The summed E-state index contributed by atoms with van der Waals surface area (Å²) in [4.78, 5) is 14.9. The van der Waals surface area contributed by atoms with Gasteiger partial charge in [0.25, 0.3) is 5.92 Å². The van der Waals surface area contributed by atoms with Crippen LogP contribution in [0.3, 0.4) is 0 Å². The van der Waals surface area contributed by atoms with E-state index >= 15 is 0 Å². The van der Waals surface area contributed by atoms with Gasteiger partial charge in [-0.1, -0.05) is 43.3 Å². The summed E-state index contributed by atoms with van der Waals surface area (Å²) in [5, 5.41) is 4.19. The van der Waals surface area contributed by atoms with Gasteiger partial charge in [-0.2, -0.15) is 11.3 Å². The first kappa shape index (κ1) is 24.4. The molecular weight excluding hydrogens is 510 g/mol. The summed E-state index contributed by atoms with van der Waals surface area (Å²) in [7, 11) is 0. The molecule has 0 unspecified atom stereocenters. The second kappa shape index (κ2) is 9.50. The Morgan fingerprint density at radius 1 is 1.05 bits per heavy atom. The number of alkyl halides is 2. The summed E-state index contributed by atoms with van der Waals surface area (Å²) in [6.45, 7) is 3.07. The van der Waals surface area contributed by atoms with E-state index in [1.54, 1.807) is 11.3 Å². The molecule has 1 fully saturated rings. The smallest absolute Gasteiger partial charge is 0.261 e. The van der Waals surface area contributed by atoms with Crippen LogP contribution in [0.15, 0.2) is 77.8 Å². The zero-order chi connectivity index (χ0) is 26.6. The molecule has 4 heterocycles. The molecule has 0 radical (unpaired) electrons. The van der Waals surface area contributed by atoms with Gasteiger partial charge in [0.2, 0.25) is 0 Å². The van der Waals surface area contributed by atoms with Gasteiger partial charge in [-0.05, 0) is 74.7 Å². The Morgan fingerprint density at radius 3 is 2.77 bits per heavy atom. The van der Waals surface area contributed by atoms with Gasteiger partial charge in [-0.15, -0.1) is 0 Å². The summed E-state index contributed by atoms with van der Waals surface area (Å²) in [5.74, 6) is -1.32. The molecule has 1 aliphatic carbocycles. The summed E-state index contributed by atoms with van der Waals surface area (Å²) < 4.78 is 27.4. The SMILES string of the molecule is C[C@@H]1CC=C(c2nc3c(-c4ccsc4)cncc3[nH]2)c2cc(-c3cccc(CN4CCC(F)(F)C4)c3)ccc21. The highest BCUT2D eigenvalue weighted by Gasteiger charge is 2.37. The number of thiophene rings is 1. The molecular formula is C32H28F2N4S. The highest BCUT2D eigenvalue weighted by Crippen LogP contribution is 2.40. The molecule has 0 spiro atoms. The van der Waals surface area contributed by atoms with E-state index in [1.807, 2.05) is 29.4 Å². The molecule has 7 rings (SSSR count). The number of rotatable bonds is 5. The highest BCUT2D eigenvalue weighted by atomic mass is 32.1. The van der Waals surface area contributed by atoms with Crippen molar-refractivity contribution in [3.05, 3.63) is 100 Å². The predicted octanol–water partition coefficient (Wildman–Crippen LogP) is 8.13. The van der Waals surface area contributed by atoms with Gasteiger partial charge < -0.3 is 4.98 Å². The van der Waals surface area contributed by atoms with Gasteiger partial charge in [0.15, 0.2) is 0 Å². The number of aromatic nitrogens is 3. The summed E-state index contributed by atoms with van der Waals surface area (Å²) in [5.41, 5.74) is 10.9. The number of H-pyrrole nitrogens is 1. The Kier molecular flexibility index (Phi) is 5.94. The van der Waals surface area contributed by atoms with Crippen LogP contribution in [-0.2, 0) is 6.54 Å². The maximum absolute atomic E-state index is 13.7. The molecule has 4 nitrogen and oxygen atoms in total. The van der Waals surface area contributed by atoms with E-state index in [0.717, 1.165) is 56.7 Å². The van der Waals surface area contributed by atoms with Gasteiger partial charge in [-0.3, -0.25) is 9.88 Å². The normalized spacial score (nSPS) is 18.8. The number of nitrogens with zero attached hydrogens (tertiary/aromatic N) is 3. The Hall–Kier alpha value is -3.68. The third-order valence-corrected chi connectivity index (χ3v) is 8.63. The lowest BCUT2D eigenvalue weighted by molar-refractivity contribution is 0.0115. The van der Waals surface area contributed by atoms with Crippen LogP contribution in [0.25, 0.3) is 38.9 Å². The van der Waals surface area contributed by atoms with Gasteiger partial charge in [0, 0.05) is 36.8 Å². The van der Waals surface area contributed by atoms with Gasteiger partial charge >= 0.3 is 0 Å². The highest BCUT2D eigenvalue weighted by molar-refractivity contribution is 7.08. The Morgan fingerprint density at radius 2 is 1.95 bits per heavy atom. The summed E-state index contributed by atoms with van der Waals surface area (Å²) >= 11 is 1.66. The molecule has 39 heavy (non-hydrogen) atoms. The van der Waals surface area contributed by atoms with E-state index < -0.39 is 5.92 Å². The molecule has 1 saturated heterocycles. The van der Waals surface area contributed by atoms with Gasteiger partial charge in [-0.25, -0.2) is 13.8 Å². The average Bonchev–Trinajstić information content (AvgIpc) is 3.69. The van der Waals surface area contributed by atoms with Crippen molar-refractivity contribution >= 4 is 27.9 Å². The number of allylic oxidation sites excluding steroid dienone is 1. The molecule has 5 aromatic rings. The van der Waals surface area contributed by atoms with E-state index in [9.17, 15) is 8.78 Å². The minimum absolute atomic E-state index is 0.0581. The lowest BCUT2D eigenvalue weighted by atomic mass is 9.82. The molecule has 1 N–H and O–H groups in total. The first-order valence-electron chi connectivity index (χ1n) is 13.3. The Balaban J connectivity index is 1.25. The van der Waals surface area contributed by atoms with Gasteiger partial charge in [0.05, 0.1) is 23.8 Å². The maximum atomic E-state index is 13.7. The molecule has 2 aromatic carbocycles. The Bertz CT molecular complexity index is 1700. The molecule has 3 aromatic heterocycles. The number of fused-ring (bicyclic) bond motifs is 2. The van der Waals surface area contributed by atoms with Crippen LogP contribution in [0.4, 0.5) is 8.78 Å². The standard InChI is InChI=1S/C32H28F2N4S/c1-20-5-7-26(31-36-29-16-35-15-28(30(29)37-31)24-9-12-39-18-24)27-14-23(6-8-25(20)27)22-4-2-3-21(13-22)17-38-11-10-32(33,34)19-38/h2-4,6-9,12-16,18,20H,5,10-11,17,19H2,1H3,(H,36,37)/t20-/m1/s1. The zero-order valence-electron chi connectivity index (χ0n) is 21.6. The third kappa shape index (κ3) is 4.60. The van der Waals surface area contributed by atoms with Crippen LogP contribution >= 0.6 is 11.3 Å². The molecule has 1 atom stereocenters. The summed E-state index contributed by atoms with van der Waals surface area (Å²) in [6.07, 6.45) is 6.90. The van der Waals surface area contributed by atoms with E-state index in [0.29, 0.717) is 19.0 Å². The van der Waals surface area contributed by atoms with Crippen LogP contribution in [0, 0.1) is 0 Å². The monoisotopic (exact) mass is 538 g/mol. The number of pyridine rings is 1. The number of likely N-dealkylation sites (tertiary alicyclic amines) is 1. The second-order valence-corrected chi connectivity index (χ2v) is 11.5. The second-order valence-electron chi connectivity index (χ2n) is 10.8. The van der Waals surface area contributed by atoms with Crippen molar-refractivity contribution in [2.45, 2.75) is 38.2 Å². The van der Waals surface area contributed by atoms with Crippen LogP contribution in [0.1, 0.15) is 48.2 Å². The van der Waals surface area contributed by atoms with E-state index in [2.05, 4.69) is 70.1 Å². The van der Waals surface area contributed by atoms with E-state index in [1.165, 1.54) is 11.1 Å². The molecule has 1 aliphatic heterocycles. The van der Waals surface area contributed by atoms with Crippen molar-refractivity contribution in [2.75, 3.05) is 13.1 Å². The average molecular weight is 539 g/mol. The quantitative estimate of drug-likeness (QED) is 0.246. The van der Waals surface area contributed by atoms with E-state index in [4.69, 9.17) is 4.98 Å². The minimum atomic E-state index is -2.58. The predicted molar refractivity (Wildman–Crippen MR) is 154 cm³/mol. The molecule has 7 heteroatoms. The van der Waals surface area contributed by atoms with Crippen molar-refractivity contribution in [3.8, 4) is 22.3 Å². The lowest BCUT2D eigenvalue weighted by Gasteiger charge is -2.23. The minimum Gasteiger partial charge on any atom is -0.337 e. The molecule has 0 bridgehead atoms. The van der Waals surface area contributed by atoms with Crippen molar-refractivity contribution in [2.24, 2.45) is 0 Å². The lowest BCUT2D eigenvalue weighted by Crippen LogP contribution is -2.24. The Labute approximate surface area is 230 Å². The molecule has 0 saturated carbocycles. The first-order valence-corrected chi connectivity index (χ1v) is 14.3. The largest absolute Gasteiger partial charge is 0.337 e. The first-order chi connectivity index (χ1) is 18.9.